The number of hydrogen-bond donors (Lipinski definition) is 0. The molecule has 0 bridgehead atoms. The minimum absolute atomic E-state index is 0.0135. The number of ether oxygens (including phenoxy) is 2. The van der Waals surface area contributed by atoms with Crippen molar-refractivity contribution in [2.45, 2.75) is 149 Å². The third kappa shape index (κ3) is 16.9. The monoisotopic (exact) mass is 749 g/mol. The Bertz CT molecular complexity index is 1160. The summed E-state index contributed by atoms with van der Waals surface area (Å²) in [6.07, 6.45) is 29.7. The first-order valence-electron chi connectivity index (χ1n) is 19.9. The number of aryl methyl sites for hydroxylation is 1. The zero-order valence-electron chi connectivity index (χ0n) is 31.0. The van der Waals surface area contributed by atoms with E-state index in [2.05, 4.69) is 126 Å². The topological polar surface area (TPSA) is 18.5 Å². The molecule has 270 valence electrons. The lowest BCUT2D eigenvalue weighted by Gasteiger charge is -2.20. The minimum Gasteiger partial charge on any atom is -0.353 e. The molecule has 0 aliphatic heterocycles. The van der Waals surface area contributed by atoms with E-state index in [1.807, 2.05) is 0 Å². The van der Waals surface area contributed by atoms with E-state index in [4.69, 9.17) is 9.47 Å². The van der Waals surface area contributed by atoms with Gasteiger partial charge in [-0.25, -0.2) is 0 Å². The van der Waals surface area contributed by atoms with Gasteiger partial charge in [0, 0.05) is 13.2 Å². The maximum Gasteiger partial charge on any atom is 0.181 e. The predicted molar refractivity (Wildman–Crippen MR) is 222 cm³/mol. The van der Waals surface area contributed by atoms with Crippen molar-refractivity contribution in [3.8, 4) is 0 Å². The van der Waals surface area contributed by atoms with Crippen LogP contribution in [0.25, 0.3) is 0 Å². The number of hydrogen-bond acceptors (Lipinski definition) is 2. The first-order chi connectivity index (χ1) is 24.2. The first kappa shape index (κ1) is 41.6. The zero-order chi connectivity index (χ0) is 34.7. The number of unbranched alkanes of at least 4 members (excludes halogenated alkanes) is 14. The van der Waals surface area contributed by atoms with E-state index in [0.29, 0.717) is 0 Å². The molecule has 4 heteroatoms. The number of rotatable bonds is 29. The summed E-state index contributed by atoms with van der Waals surface area (Å²) >= 11 is 4.28. The standard InChI is InChI=1S/C45H67BrO2P/c1-3-5-7-9-17-27-39-47-45(48-40-28-18-10-8-6-4-2)34-26-16-14-12-11-13-15-21-29-41-35-37-44(38-36-41)49(46,42-30-22-19-23-31-42)43-32-24-20-25-33-43/h11,13,19-20,22-25,30-33,35-38,45H,3-10,12,14-18,21,26-29,34,39-40H2,1-2H3/q+1/b13-11+. The lowest BCUT2D eigenvalue weighted by molar-refractivity contribution is -0.148. The summed E-state index contributed by atoms with van der Waals surface area (Å²) in [7, 11) is 0. The third-order valence-corrected chi connectivity index (χ3v) is 16.1. The second kappa shape index (κ2) is 27.0. The molecular formula is C45H67BrO2P+. The van der Waals surface area contributed by atoms with Crippen LogP contribution in [-0.2, 0) is 15.9 Å². The predicted octanol–water partition coefficient (Wildman–Crippen LogP) is 13.2. The Balaban J connectivity index is 1.32. The van der Waals surface area contributed by atoms with E-state index in [-0.39, 0.29) is 6.29 Å². The van der Waals surface area contributed by atoms with Gasteiger partial charge < -0.3 is 9.47 Å². The van der Waals surface area contributed by atoms with Crippen LogP contribution in [0.5, 0.6) is 0 Å². The Morgan fingerprint density at radius 2 is 0.959 bits per heavy atom. The van der Waals surface area contributed by atoms with E-state index < -0.39 is 5.96 Å². The molecule has 0 aromatic heterocycles. The van der Waals surface area contributed by atoms with Crippen LogP contribution in [-0.4, -0.2) is 19.5 Å². The van der Waals surface area contributed by atoms with Crippen molar-refractivity contribution in [2.75, 3.05) is 13.2 Å². The van der Waals surface area contributed by atoms with E-state index >= 15 is 0 Å². The molecule has 3 rings (SSSR count). The SMILES string of the molecule is CCCCCCCCOC(CCCCC/C=C/CCCc1ccc([P+](Br)(c2ccccc2)c2ccccc2)cc1)OCCCCCCCC. The van der Waals surface area contributed by atoms with Crippen molar-refractivity contribution >= 4 is 37.4 Å². The number of allylic oxidation sites excluding steroid dienone is 2. The van der Waals surface area contributed by atoms with E-state index in [1.54, 1.807) is 0 Å². The molecule has 2 nitrogen and oxygen atoms in total. The lowest BCUT2D eigenvalue weighted by atomic mass is 10.1. The first-order valence-corrected chi connectivity index (χ1v) is 23.7. The summed E-state index contributed by atoms with van der Waals surface area (Å²) < 4.78 is 12.5. The summed E-state index contributed by atoms with van der Waals surface area (Å²) in [5.41, 5.74) is 1.42. The van der Waals surface area contributed by atoms with Gasteiger partial charge in [-0.2, -0.15) is 0 Å². The molecular weight excluding hydrogens is 683 g/mol. The fraction of sp³-hybridized carbons (Fsp3) is 0.556. The van der Waals surface area contributed by atoms with E-state index in [1.165, 1.54) is 118 Å². The highest BCUT2D eigenvalue weighted by molar-refractivity contribution is 9.44. The van der Waals surface area contributed by atoms with Gasteiger partial charge in [-0.3, -0.25) is 0 Å². The van der Waals surface area contributed by atoms with Gasteiger partial charge in [0.05, 0.1) is 0 Å². The van der Waals surface area contributed by atoms with Gasteiger partial charge in [-0.15, -0.1) is 0 Å². The average molecular weight is 751 g/mol. The summed E-state index contributed by atoms with van der Waals surface area (Å²) in [5.74, 6) is -1.84. The van der Waals surface area contributed by atoms with Gasteiger partial charge in [0.25, 0.3) is 0 Å². The Hall–Kier alpha value is -1.77. The highest BCUT2D eigenvalue weighted by atomic mass is 79.9. The fourth-order valence-corrected chi connectivity index (χ4v) is 11.1. The largest absolute Gasteiger partial charge is 0.353 e. The van der Waals surface area contributed by atoms with Crippen LogP contribution < -0.4 is 15.9 Å². The van der Waals surface area contributed by atoms with Crippen molar-refractivity contribution in [1.82, 2.24) is 0 Å². The average Bonchev–Trinajstić information content (AvgIpc) is 3.15. The van der Waals surface area contributed by atoms with Gasteiger partial charge >= 0.3 is 0 Å². The Morgan fingerprint density at radius 3 is 1.49 bits per heavy atom. The molecule has 0 N–H and O–H groups in total. The van der Waals surface area contributed by atoms with Gasteiger partial charge in [-0.1, -0.05) is 145 Å². The molecule has 0 amide bonds. The lowest BCUT2D eigenvalue weighted by Crippen LogP contribution is -2.26. The Labute approximate surface area is 309 Å². The van der Waals surface area contributed by atoms with Crippen molar-refractivity contribution in [2.24, 2.45) is 0 Å². The van der Waals surface area contributed by atoms with Gasteiger partial charge in [0.1, 0.15) is 15.9 Å². The highest BCUT2D eigenvalue weighted by Crippen LogP contribution is 2.62. The normalized spacial score (nSPS) is 12.0. The van der Waals surface area contributed by atoms with Crippen LogP contribution in [0.2, 0.25) is 0 Å². The number of halogens is 1. The molecule has 0 saturated carbocycles. The van der Waals surface area contributed by atoms with E-state index in [9.17, 15) is 0 Å². The molecule has 0 fully saturated rings. The Kier molecular flexibility index (Phi) is 22.9. The maximum absolute atomic E-state index is 6.23. The second-order valence-electron chi connectivity index (χ2n) is 13.6. The fourth-order valence-electron chi connectivity index (χ4n) is 6.40. The van der Waals surface area contributed by atoms with Crippen LogP contribution in [0.4, 0.5) is 0 Å². The second-order valence-corrected chi connectivity index (χ2v) is 19.6. The molecule has 0 atom stereocenters. The summed E-state index contributed by atoms with van der Waals surface area (Å²) in [6, 6.07) is 31.2. The molecule has 3 aromatic rings. The van der Waals surface area contributed by atoms with Crippen LogP contribution >= 0.6 is 21.5 Å². The quantitative estimate of drug-likeness (QED) is 0.0304. The molecule has 0 spiro atoms. The third-order valence-electron chi connectivity index (χ3n) is 9.43. The molecule has 0 aliphatic rings. The molecule has 0 aliphatic carbocycles. The zero-order valence-corrected chi connectivity index (χ0v) is 33.5. The maximum atomic E-state index is 6.23. The molecule has 0 radical (unpaired) electrons. The summed E-state index contributed by atoms with van der Waals surface area (Å²) in [5, 5.41) is 4.08. The molecule has 49 heavy (non-hydrogen) atoms. The minimum atomic E-state index is -1.84. The van der Waals surface area contributed by atoms with Crippen LogP contribution in [0.1, 0.15) is 141 Å². The van der Waals surface area contributed by atoms with Crippen LogP contribution in [0.15, 0.2) is 97.1 Å². The van der Waals surface area contributed by atoms with Gasteiger partial charge in [0.2, 0.25) is 0 Å². The molecule has 3 aromatic carbocycles. The summed E-state index contributed by atoms with van der Waals surface area (Å²) in [4.78, 5) is 0. The molecule has 0 saturated heterocycles. The summed E-state index contributed by atoms with van der Waals surface area (Å²) in [6.45, 7) is 6.25. The number of benzene rings is 3. The van der Waals surface area contributed by atoms with Crippen molar-refractivity contribution in [3.63, 3.8) is 0 Å². The highest BCUT2D eigenvalue weighted by Gasteiger charge is 2.43. The van der Waals surface area contributed by atoms with E-state index in [0.717, 1.165) is 45.3 Å². The molecule has 0 heterocycles. The Morgan fingerprint density at radius 1 is 0.510 bits per heavy atom. The van der Waals surface area contributed by atoms with Crippen molar-refractivity contribution in [3.05, 3.63) is 103 Å². The van der Waals surface area contributed by atoms with Gasteiger partial charge in [0.15, 0.2) is 27.7 Å². The smallest absolute Gasteiger partial charge is 0.181 e. The van der Waals surface area contributed by atoms with Crippen molar-refractivity contribution < 1.29 is 9.47 Å². The van der Waals surface area contributed by atoms with Crippen LogP contribution in [0, 0.1) is 0 Å². The molecule has 0 unspecified atom stereocenters. The van der Waals surface area contributed by atoms with Gasteiger partial charge in [-0.05, 0) is 99.7 Å². The van der Waals surface area contributed by atoms with Crippen molar-refractivity contribution in [1.29, 1.82) is 0 Å². The van der Waals surface area contributed by atoms with Crippen LogP contribution in [0.3, 0.4) is 0 Å².